The Morgan fingerprint density at radius 3 is 2.67 bits per heavy atom. The number of sulfonamides is 1. The van der Waals surface area contributed by atoms with Crippen LogP contribution in [0.2, 0.25) is 0 Å². The van der Waals surface area contributed by atoms with E-state index in [1.165, 1.54) is 0 Å². The molecule has 0 bridgehead atoms. The van der Waals surface area contributed by atoms with Crippen LogP contribution < -0.4 is 5.32 Å². The second-order valence-corrected chi connectivity index (χ2v) is 7.39. The third-order valence-corrected chi connectivity index (χ3v) is 5.93. The van der Waals surface area contributed by atoms with Gasteiger partial charge in [0, 0.05) is 25.8 Å². The third kappa shape index (κ3) is 3.74. The molecule has 0 saturated carbocycles. The molecule has 0 radical (unpaired) electrons. The van der Waals surface area contributed by atoms with Crippen molar-refractivity contribution in [2.24, 2.45) is 5.92 Å². The van der Waals surface area contributed by atoms with Gasteiger partial charge in [-0.3, -0.25) is 0 Å². The number of hydrogen-bond acceptors (Lipinski definition) is 4. The molecule has 2 heterocycles. The molecule has 1 aliphatic rings. The topological polar surface area (TPSA) is 62.3 Å². The lowest BCUT2D eigenvalue weighted by atomic mass is 9.96. The summed E-state index contributed by atoms with van der Waals surface area (Å²) in [5, 5.41) is 3.32. The van der Waals surface area contributed by atoms with E-state index in [4.69, 9.17) is 0 Å². The Labute approximate surface area is 127 Å². The molecule has 0 spiro atoms. The summed E-state index contributed by atoms with van der Waals surface area (Å²) in [6, 6.07) is 3.55. The zero-order chi connectivity index (χ0) is 15.3. The molecule has 5 nitrogen and oxygen atoms in total. The number of nitrogens with zero attached hydrogens (tertiary/aromatic N) is 2. The molecule has 1 saturated heterocycles. The quantitative estimate of drug-likeness (QED) is 0.877. The van der Waals surface area contributed by atoms with Gasteiger partial charge in [0.2, 0.25) is 0 Å². The van der Waals surface area contributed by atoms with Crippen LogP contribution in [0.15, 0.2) is 23.4 Å². The van der Waals surface area contributed by atoms with E-state index in [0.29, 0.717) is 24.7 Å². The van der Waals surface area contributed by atoms with Crippen molar-refractivity contribution in [3.05, 3.63) is 18.3 Å². The Hall–Kier alpha value is -1.14. The molecule has 1 fully saturated rings. The minimum Gasteiger partial charge on any atom is -0.383 e. The summed E-state index contributed by atoms with van der Waals surface area (Å²) in [5.41, 5.74) is 0.608. The van der Waals surface area contributed by atoms with Gasteiger partial charge < -0.3 is 5.32 Å². The van der Waals surface area contributed by atoms with Gasteiger partial charge in [-0.1, -0.05) is 20.3 Å². The molecule has 6 heteroatoms. The Kier molecular flexibility index (Phi) is 5.58. The standard InChI is InChI=1S/C15H25N3O2S/c1-3-9-16-14-6-5-10-17-15(14)21(19,20)18-11-7-13(4-2)8-12-18/h5-6,10,13,16H,3-4,7-9,11-12H2,1-2H3. The lowest BCUT2D eigenvalue weighted by molar-refractivity contribution is 0.268. The summed E-state index contributed by atoms with van der Waals surface area (Å²) >= 11 is 0. The van der Waals surface area contributed by atoms with Crippen molar-refractivity contribution in [1.29, 1.82) is 0 Å². The van der Waals surface area contributed by atoms with Gasteiger partial charge in [-0.25, -0.2) is 13.4 Å². The van der Waals surface area contributed by atoms with Crippen molar-refractivity contribution in [2.45, 2.75) is 44.6 Å². The molecule has 21 heavy (non-hydrogen) atoms. The number of hydrogen-bond donors (Lipinski definition) is 1. The van der Waals surface area contributed by atoms with Crippen LogP contribution in [0.3, 0.4) is 0 Å². The molecule has 0 unspecified atom stereocenters. The number of rotatable bonds is 6. The predicted octanol–water partition coefficient (Wildman–Crippen LogP) is 2.71. The van der Waals surface area contributed by atoms with Crippen molar-refractivity contribution in [3.63, 3.8) is 0 Å². The fraction of sp³-hybridized carbons (Fsp3) is 0.667. The summed E-state index contributed by atoms with van der Waals surface area (Å²) in [6.07, 6.45) is 5.50. The van der Waals surface area contributed by atoms with Crippen LogP contribution in [0.1, 0.15) is 39.5 Å². The van der Waals surface area contributed by atoms with Gasteiger partial charge >= 0.3 is 0 Å². The Bertz CT molecular complexity index is 552. The number of pyridine rings is 1. The van der Waals surface area contributed by atoms with Crippen LogP contribution in [0, 0.1) is 5.92 Å². The van der Waals surface area contributed by atoms with Gasteiger partial charge in [0.15, 0.2) is 5.03 Å². The van der Waals surface area contributed by atoms with E-state index in [-0.39, 0.29) is 5.03 Å². The highest BCUT2D eigenvalue weighted by Crippen LogP contribution is 2.27. The Morgan fingerprint density at radius 1 is 1.33 bits per heavy atom. The highest BCUT2D eigenvalue weighted by Gasteiger charge is 2.31. The SMILES string of the molecule is CCCNc1cccnc1S(=O)(=O)N1CCC(CC)CC1. The Morgan fingerprint density at radius 2 is 2.05 bits per heavy atom. The molecule has 0 aromatic carbocycles. The highest BCUT2D eigenvalue weighted by molar-refractivity contribution is 7.89. The smallest absolute Gasteiger partial charge is 0.262 e. The number of piperidine rings is 1. The number of anilines is 1. The van der Waals surface area contributed by atoms with Gasteiger partial charge in [-0.2, -0.15) is 4.31 Å². The van der Waals surface area contributed by atoms with Gasteiger partial charge in [-0.15, -0.1) is 0 Å². The molecule has 2 rings (SSSR count). The highest BCUT2D eigenvalue weighted by atomic mass is 32.2. The second kappa shape index (κ2) is 7.22. The fourth-order valence-electron chi connectivity index (χ4n) is 2.67. The van der Waals surface area contributed by atoms with Gasteiger partial charge in [0.05, 0.1) is 5.69 Å². The predicted molar refractivity (Wildman–Crippen MR) is 84.8 cm³/mol. The average molecular weight is 311 g/mol. The zero-order valence-electron chi connectivity index (χ0n) is 12.9. The molecular weight excluding hydrogens is 286 g/mol. The normalized spacial score (nSPS) is 17.8. The zero-order valence-corrected chi connectivity index (χ0v) is 13.7. The lowest BCUT2D eigenvalue weighted by Gasteiger charge is -2.30. The maximum absolute atomic E-state index is 12.8. The van der Waals surface area contributed by atoms with E-state index in [9.17, 15) is 8.42 Å². The first-order chi connectivity index (χ1) is 10.1. The van der Waals surface area contributed by atoms with Crippen LogP contribution in [-0.2, 0) is 10.0 Å². The Balaban J connectivity index is 2.20. The summed E-state index contributed by atoms with van der Waals surface area (Å²) in [5.74, 6) is 0.651. The van der Waals surface area contributed by atoms with Crippen molar-refractivity contribution < 1.29 is 8.42 Å². The van der Waals surface area contributed by atoms with Crippen molar-refractivity contribution in [1.82, 2.24) is 9.29 Å². The van der Waals surface area contributed by atoms with E-state index in [1.807, 2.05) is 6.92 Å². The molecular formula is C15H25N3O2S. The van der Waals surface area contributed by atoms with Gasteiger partial charge in [0.25, 0.3) is 10.0 Å². The summed E-state index contributed by atoms with van der Waals surface area (Å²) in [6.45, 7) is 6.16. The van der Waals surface area contributed by atoms with Crippen molar-refractivity contribution in [3.8, 4) is 0 Å². The van der Waals surface area contributed by atoms with Crippen molar-refractivity contribution in [2.75, 3.05) is 25.0 Å². The van der Waals surface area contributed by atoms with E-state index in [0.717, 1.165) is 32.2 Å². The van der Waals surface area contributed by atoms with Crippen LogP contribution >= 0.6 is 0 Å². The van der Waals surface area contributed by atoms with Gasteiger partial charge in [-0.05, 0) is 37.3 Å². The molecule has 1 N–H and O–H groups in total. The minimum absolute atomic E-state index is 0.161. The van der Waals surface area contributed by atoms with Gasteiger partial charge in [0.1, 0.15) is 0 Å². The largest absolute Gasteiger partial charge is 0.383 e. The van der Waals surface area contributed by atoms with E-state index in [2.05, 4.69) is 17.2 Å². The van der Waals surface area contributed by atoms with Crippen LogP contribution in [0.5, 0.6) is 0 Å². The maximum atomic E-state index is 12.8. The van der Waals surface area contributed by atoms with Crippen LogP contribution in [0.25, 0.3) is 0 Å². The molecule has 1 aromatic heterocycles. The minimum atomic E-state index is -3.50. The molecule has 0 amide bonds. The monoisotopic (exact) mass is 311 g/mol. The fourth-order valence-corrected chi connectivity index (χ4v) is 4.22. The molecule has 1 aromatic rings. The first kappa shape index (κ1) is 16.2. The first-order valence-electron chi connectivity index (χ1n) is 7.78. The number of aromatic nitrogens is 1. The average Bonchev–Trinajstić information content (AvgIpc) is 2.53. The summed E-state index contributed by atoms with van der Waals surface area (Å²) in [4.78, 5) is 4.13. The molecule has 0 aliphatic carbocycles. The third-order valence-electron chi connectivity index (χ3n) is 4.07. The molecule has 1 aliphatic heterocycles. The lowest BCUT2D eigenvalue weighted by Crippen LogP contribution is -2.39. The van der Waals surface area contributed by atoms with E-state index in [1.54, 1.807) is 22.6 Å². The number of nitrogens with one attached hydrogen (secondary N) is 1. The summed E-state index contributed by atoms with van der Waals surface area (Å²) < 4.78 is 27.2. The van der Waals surface area contributed by atoms with E-state index >= 15 is 0 Å². The molecule has 118 valence electrons. The summed E-state index contributed by atoms with van der Waals surface area (Å²) in [7, 11) is -3.50. The second-order valence-electron chi connectivity index (χ2n) is 5.54. The van der Waals surface area contributed by atoms with E-state index < -0.39 is 10.0 Å². The van der Waals surface area contributed by atoms with Crippen LogP contribution in [-0.4, -0.2) is 37.3 Å². The van der Waals surface area contributed by atoms with Crippen LogP contribution in [0.4, 0.5) is 5.69 Å². The first-order valence-corrected chi connectivity index (χ1v) is 9.22. The maximum Gasteiger partial charge on any atom is 0.262 e. The van der Waals surface area contributed by atoms with Crippen molar-refractivity contribution >= 4 is 15.7 Å². The molecule has 0 atom stereocenters.